The summed E-state index contributed by atoms with van der Waals surface area (Å²) in [6.45, 7) is 6.15. The molecular formula is C29H34O5. The fourth-order valence-corrected chi connectivity index (χ4v) is 4.91. The number of aliphatic hydroxyl groups excluding tert-OH is 1. The van der Waals surface area contributed by atoms with E-state index in [1.165, 1.54) is 32.8 Å². The van der Waals surface area contributed by atoms with E-state index in [4.69, 9.17) is 14.2 Å². The van der Waals surface area contributed by atoms with E-state index in [9.17, 15) is 9.90 Å². The highest BCUT2D eigenvalue weighted by Crippen LogP contribution is 2.42. The number of cyclic esters (lactones) is 1. The predicted molar refractivity (Wildman–Crippen MR) is 131 cm³/mol. The van der Waals surface area contributed by atoms with Gasteiger partial charge in [0.15, 0.2) is 0 Å². The van der Waals surface area contributed by atoms with Gasteiger partial charge in [0.05, 0.1) is 18.8 Å². The Hall–Kier alpha value is -2.97. The number of aryl methyl sites for hydroxylation is 1. The molecule has 5 heteroatoms. The molecule has 1 saturated carbocycles. The number of fused-ring (bicyclic) bond motifs is 2. The van der Waals surface area contributed by atoms with Gasteiger partial charge in [-0.05, 0) is 67.9 Å². The van der Waals surface area contributed by atoms with Gasteiger partial charge in [0.25, 0.3) is 0 Å². The monoisotopic (exact) mass is 462 g/mol. The molecule has 1 fully saturated rings. The highest BCUT2D eigenvalue weighted by molar-refractivity contribution is 5.96. The molecule has 0 spiro atoms. The lowest BCUT2D eigenvalue weighted by Gasteiger charge is -2.24. The minimum absolute atomic E-state index is 0.0779. The van der Waals surface area contributed by atoms with Crippen molar-refractivity contribution in [1.82, 2.24) is 0 Å². The Labute approximate surface area is 202 Å². The molecule has 0 bridgehead atoms. The Morgan fingerprint density at radius 2 is 1.97 bits per heavy atom. The van der Waals surface area contributed by atoms with Crippen LogP contribution in [0.4, 0.5) is 0 Å². The number of aliphatic hydroxyl groups is 1. The number of hydrogen-bond donors (Lipinski definition) is 1. The van der Waals surface area contributed by atoms with Crippen LogP contribution >= 0.6 is 0 Å². The van der Waals surface area contributed by atoms with Crippen LogP contribution in [0.3, 0.4) is 0 Å². The SMILES string of the molecule is COc1c(C(O)CC(C)C)ccc2c1C(=O)OCc1cc(C)cc(C#CCC3CCCC3)c1O2. The third-order valence-corrected chi connectivity index (χ3v) is 6.58. The van der Waals surface area contributed by atoms with Gasteiger partial charge in [-0.25, -0.2) is 4.79 Å². The molecule has 0 aromatic heterocycles. The van der Waals surface area contributed by atoms with Gasteiger partial charge in [0, 0.05) is 17.5 Å². The van der Waals surface area contributed by atoms with E-state index >= 15 is 0 Å². The van der Waals surface area contributed by atoms with Crippen molar-refractivity contribution in [2.75, 3.05) is 7.11 Å². The van der Waals surface area contributed by atoms with E-state index in [-0.39, 0.29) is 18.1 Å². The zero-order valence-corrected chi connectivity index (χ0v) is 20.6. The molecule has 2 aromatic rings. The van der Waals surface area contributed by atoms with Gasteiger partial charge in [-0.2, -0.15) is 0 Å². The number of methoxy groups -OCH3 is 1. The topological polar surface area (TPSA) is 65.0 Å². The quantitative estimate of drug-likeness (QED) is 0.407. The Balaban J connectivity index is 1.74. The molecule has 4 rings (SSSR count). The minimum Gasteiger partial charge on any atom is -0.495 e. The van der Waals surface area contributed by atoms with Crippen LogP contribution in [0.25, 0.3) is 0 Å². The van der Waals surface area contributed by atoms with Gasteiger partial charge in [-0.3, -0.25) is 0 Å². The van der Waals surface area contributed by atoms with Crippen LogP contribution < -0.4 is 9.47 Å². The van der Waals surface area contributed by atoms with Crippen LogP contribution in [-0.4, -0.2) is 18.2 Å². The Kier molecular flexibility index (Phi) is 7.48. The lowest BCUT2D eigenvalue weighted by molar-refractivity contribution is 0.0454. The first-order valence-electron chi connectivity index (χ1n) is 12.2. The second-order valence-corrected chi connectivity index (χ2v) is 9.84. The molecule has 1 heterocycles. The van der Waals surface area contributed by atoms with E-state index in [1.54, 1.807) is 12.1 Å². The van der Waals surface area contributed by atoms with Gasteiger partial charge in [-0.1, -0.05) is 38.5 Å². The van der Waals surface area contributed by atoms with Crippen LogP contribution in [0.2, 0.25) is 0 Å². The first kappa shape index (κ1) is 24.2. The summed E-state index contributed by atoms with van der Waals surface area (Å²) < 4.78 is 17.6. The summed E-state index contributed by atoms with van der Waals surface area (Å²) in [5.74, 6) is 8.35. The number of esters is 1. The number of carbonyl (C=O) groups excluding carboxylic acids is 1. The molecular weight excluding hydrogens is 428 g/mol. The molecule has 1 N–H and O–H groups in total. The summed E-state index contributed by atoms with van der Waals surface area (Å²) in [7, 11) is 1.49. The number of ether oxygens (including phenoxy) is 3. The number of benzene rings is 2. The Bertz CT molecular complexity index is 1120. The summed E-state index contributed by atoms with van der Waals surface area (Å²) in [5.41, 5.74) is 3.36. The van der Waals surface area contributed by atoms with Gasteiger partial charge in [-0.15, -0.1) is 0 Å². The molecule has 1 aliphatic carbocycles. The minimum atomic E-state index is -0.759. The normalized spacial score (nSPS) is 16.4. The summed E-state index contributed by atoms with van der Waals surface area (Å²) in [6.07, 6.45) is 5.79. The number of hydrogen-bond acceptors (Lipinski definition) is 5. The van der Waals surface area contributed by atoms with Crippen LogP contribution in [0.5, 0.6) is 17.2 Å². The summed E-state index contributed by atoms with van der Waals surface area (Å²) >= 11 is 0. The molecule has 180 valence electrons. The van der Waals surface area contributed by atoms with Crippen molar-refractivity contribution < 1.29 is 24.1 Å². The standard InChI is InChI=1S/C29H34O5/c1-18(2)14-24(30)23-12-13-25-26(28(23)32-4)29(31)33-17-22-16-19(3)15-21(27(22)34-25)11-7-10-20-8-5-6-9-20/h12-13,15-16,18,20,24,30H,5-6,8-10,14,17H2,1-4H3. The van der Waals surface area contributed by atoms with Crippen molar-refractivity contribution in [3.8, 4) is 29.1 Å². The second kappa shape index (κ2) is 10.5. The molecule has 1 unspecified atom stereocenters. The summed E-state index contributed by atoms with van der Waals surface area (Å²) in [4.78, 5) is 13.0. The lowest BCUT2D eigenvalue weighted by Crippen LogP contribution is -2.15. The van der Waals surface area contributed by atoms with Crippen molar-refractivity contribution >= 4 is 5.97 Å². The van der Waals surface area contributed by atoms with E-state index in [0.717, 1.165) is 23.1 Å². The molecule has 2 aromatic carbocycles. The maximum absolute atomic E-state index is 13.0. The van der Waals surface area contributed by atoms with Crippen molar-refractivity contribution in [1.29, 1.82) is 0 Å². The third kappa shape index (κ3) is 5.23. The van der Waals surface area contributed by atoms with Crippen molar-refractivity contribution in [3.05, 3.63) is 52.1 Å². The average Bonchev–Trinajstić information content (AvgIpc) is 3.30. The summed E-state index contributed by atoms with van der Waals surface area (Å²) in [5, 5.41) is 10.7. The van der Waals surface area contributed by atoms with E-state index < -0.39 is 12.1 Å². The van der Waals surface area contributed by atoms with Gasteiger partial charge < -0.3 is 19.3 Å². The molecule has 0 amide bonds. The van der Waals surface area contributed by atoms with E-state index in [0.29, 0.717) is 35.2 Å². The molecule has 2 aliphatic rings. The van der Waals surface area contributed by atoms with Crippen molar-refractivity contribution in [2.24, 2.45) is 11.8 Å². The van der Waals surface area contributed by atoms with Crippen molar-refractivity contribution in [2.45, 2.75) is 72.0 Å². The predicted octanol–water partition coefficient (Wildman–Crippen LogP) is 6.48. The Morgan fingerprint density at radius 3 is 2.68 bits per heavy atom. The fraction of sp³-hybridized carbons (Fsp3) is 0.483. The van der Waals surface area contributed by atoms with Crippen molar-refractivity contribution in [3.63, 3.8) is 0 Å². The second-order valence-electron chi connectivity index (χ2n) is 9.84. The highest BCUT2D eigenvalue weighted by atomic mass is 16.5. The number of rotatable bonds is 5. The lowest BCUT2D eigenvalue weighted by atomic mass is 9.96. The summed E-state index contributed by atoms with van der Waals surface area (Å²) in [6, 6.07) is 7.46. The molecule has 1 atom stereocenters. The maximum atomic E-state index is 13.0. The fourth-order valence-electron chi connectivity index (χ4n) is 4.91. The molecule has 1 aliphatic heterocycles. The first-order valence-corrected chi connectivity index (χ1v) is 12.2. The van der Waals surface area contributed by atoms with E-state index in [2.05, 4.69) is 11.8 Å². The number of carbonyl (C=O) groups is 1. The van der Waals surface area contributed by atoms with E-state index in [1.807, 2.05) is 32.9 Å². The van der Waals surface area contributed by atoms with Gasteiger partial charge in [0.2, 0.25) is 0 Å². The molecule has 5 nitrogen and oxygen atoms in total. The smallest absolute Gasteiger partial charge is 0.346 e. The molecule has 0 radical (unpaired) electrons. The van der Waals surface area contributed by atoms with Gasteiger partial charge in [0.1, 0.15) is 29.4 Å². The zero-order valence-electron chi connectivity index (χ0n) is 20.6. The maximum Gasteiger partial charge on any atom is 0.346 e. The average molecular weight is 463 g/mol. The van der Waals surface area contributed by atoms with Crippen LogP contribution in [0.15, 0.2) is 24.3 Å². The van der Waals surface area contributed by atoms with Crippen LogP contribution in [0.1, 0.15) is 91.1 Å². The van der Waals surface area contributed by atoms with Gasteiger partial charge >= 0.3 is 5.97 Å². The Morgan fingerprint density at radius 1 is 1.21 bits per heavy atom. The molecule has 34 heavy (non-hydrogen) atoms. The van der Waals surface area contributed by atoms with Crippen LogP contribution in [-0.2, 0) is 11.3 Å². The third-order valence-electron chi connectivity index (χ3n) is 6.58. The first-order chi connectivity index (χ1) is 16.4. The highest BCUT2D eigenvalue weighted by Gasteiger charge is 2.29. The largest absolute Gasteiger partial charge is 0.495 e. The van der Waals surface area contributed by atoms with Crippen LogP contribution in [0, 0.1) is 30.6 Å². The molecule has 0 saturated heterocycles. The zero-order chi connectivity index (χ0) is 24.2.